The van der Waals surface area contributed by atoms with Crippen molar-refractivity contribution in [2.24, 2.45) is 5.92 Å². The Kier molecular flexibility index (Phi) is 5.96. The Morgan fingerprint density at radius 3 is 2.66 bits per heavy atom. The largest absolute Gasteiger partial charge is 0.341 e. The number of fused-ring (bicyclic) bond motifs is 1. The molecule has 0 spiro atoms. The van der Waals surface area contributed by atoms with E-state index in [1.807, 2.05) is 31.5 Å². The molecule has 0 radical (unpaired) electrons. The van der Waals surface area contributed by atoms with Crippen LogP contribution in [-0.4, -0.2) is 40.6 Å². The van der Waals surface area contributed by atoms with Crippen LogP contribution in [0.25, 0.3) is 21.3 Å². The zero-order valence-electron chi connectivity index (χ0n) is 16.4. The molecule has 1 fully saturated rings. The summed E-state index contributed by atoms with van der Waals surface area (Å²) in [4.78, 5) is 27.7. The van der Waals surface area contributed by atoms with Gasteiger partial charge in [0.25, 0.3) is 0 Å². The Morgan fingerprint density at radius 2 is 1.97 bits per heavy atom. The number of nitrogens with one attached hydrogen (secondary N) is 2. The molecule has 1 saturated heterocycles. The third-order valence-electron chi connectivity index (χ3n) is 5.04. The summed E-state index contributed by atoms with van der Waals surface area (Å²) in [6.45, 7) is 6.76. The summed E-state index contributed by atoms with van der Waals surface area (Å²) >= 11 is 5.07. The number of anilines is 2. The zero-order valence-corrected chi connectivity index (χ0v) is 18.8. The highest BCUT2D eigenvalue weighted by Gasteiger charge is 2.18. The Bertz CT molecular complexity index is 1010. The number of hydrogen-bond donors (Lipinski definition) is 2. The first-order chi connectivity index (χ1) is 14.0. The van der Waals surface area contributed by atoms with Crippen LogP contribution in [-0.2, 0) is 0 Å². The molecule has 2 amide bonds. The maximum absolute atomic E-state index is 11.8. The van der Waals surface area contributed by atoms with Crippen LogP contribution in [0.4, 0.5) is 15.9 Å². The summed E-state index contributed by atoms with van der Waals surface area (Å²) in [5.74, 6) is 1.57. The lowest BCUT2D eigenvalue weighted by atomic mass is 10.00. The van der Waals surface area contributed by atoms with Crippen LogP contribution >= 0.6 is 27.3 Å². The van der Waals surface area contributed by atoms with E-state index in [2.05, 4.69) is 53.3 Å². The second-order valence-electron chi connectivity index (χ2n) is 7.25. The molecule has 0 bridgehead atoms. The Labute approximate surface area is 182 Å². The van der Waals surface area contributed by atoms with Crippen LogP contribution < -0.4 is 15.5 Å². The SMILES string of the molecule is CCNC(=O)Nc1nc2cc(-c3cnc(N4CCC(C)CC4)nc3)cc(Br)c2s1. The fraction of sp³-hybridized carbons (Fsp3) is 0.400. The van der Waals surface area contributed by atoms with Gasteiger partial charge in [-0.05, 0) is 59.3 Å². The minimum absolute atomic E-state index is 0.251. The molecule has 7 nitrogen and oxygen atoms in total. The van der Waals surface area contributed by atoms with E-state index in [0.717, 1.165) is 50.8 Å². The topological polar surface area (TPSA) is 83.0 Å². The molecule has 1 aromatic carbocycles. The zero-order chi connectivity index (χ0) is 20.4. The van der Waals surface area contributed by atoms with E-state index in [9.17, 15) is 4.79 Å². The number of carbonyl (C=O) groups excluding carboxylic acids is 1. The molecule has 0 atom stereocenters. The molecule has 2 N–H and O–H groups in total. The highest BCUT2D eigenvalue weighted by Crippen LogP contribution is 2.36. The van der Waals surface area contributed by atoms with Crippen molar-refractivity contribution < 1.29 is 4.79 Å². The van der Waals surface area contributed by atoms with Gasteiger partial charge in [-0.1, -0.05) is 18.3 Å². The number of benzene rings is 1. The number of hydrogen-bond acceptors (Lipinski definition) is 6. The maximum Gasteiger partial charge on any atom is 0.321 e. The second-order valence-corrected chi connectivity index (χ2v) is 9.10. The summed E-state index contributed by atoms with van der Waals surface area (Å²) in [7, 11) is 0. The third-order valence-corrected chi connectivity index (χ3v) is 6.95. The van der Waals surface area contributed by atoms with Crippen LogP contribution in [0.5, 0.6) is 0 Å². The molecule has 0 saturated carbocycles. The minimum Gasteiger partial charge on any atom is -0.341 e. The third kappa shape index (κ3) is 4.51. The van der Waals surface area contributed by atoms with Gasteiger partial charge in [-0.15, -0.1) is 0 Å². The number of amides is 2. The number of aromatic nitrogens is 3. The molecule has 152 valence electrons. The van der Waals surface area contributed by atoms with E-state index in [-0.39, 0.29) is 6.03 Å². The number of urea groups is 1. The van der Waals surface area contributed by atoms with Crippen LogP contribution in [0.2, 0.25) is 0 Å². The lowest BCUT2D eigenvalue weighted by Gasteiger charge is -2.30. The normalized spacial score (nSPS) is 14.9. The molecule has 1 aliphatic rings. The standard InChI is InChI=1S/C20H23BrN6OS/c1-3-22-19(28)26-20-25-16-9-13(8-15(21)17(16)29-20)14-10-23-18(24-11-14)27-6-4-12(2)5-7-27/h8-12H,3-7H2,1-2H3,(H2,22,25,26,28). The van der Waals surface area contributed by atoms with E-state index < -0.39 is 0 Å². The average Bonchev–Trinajstić information content (AvgIpc) is 3.12. The summed E-state index contributed by atoms with van der Waals surface area (Å²) in [6, 6.07) is 3.79. The number of piperidine rings is 1. The van der Waals surface area contributed by atoms with E-state index >= 15 is 0 Å². The van der Waals surface area contributed by atoms with Gasteiger partial charge in [0.05, 0.1) is 10.2 Å². The molecular formula is C20H23BrN6OS. The van der Waals surface area contributed by atoms with Crippen molar-refractivity contribution in [1.82, 2.24) is 20.3 Å². The maximum atomic E-state index is 11.8. The highest BCUT2D eigenvalue weighted by molar-refractivity contribution is 9.10. The van der Waals surface area contributed by atoms with Gasteiger partial charge >= 0.3 is 6.03 Å². The van der Waals surface area contributed by atoms with E-state index in [4.69, 9.17) is 0 Å². The number of thiazole rings is 1. The number of carbonyl (C=O) groups is 1. The van der Waals surface area contributed by atoms with E-state index in [0.29, 0.717) is 11.7 Å². The lowest BCUT2D eigenvalue weighted by molar-refractivity contribution is 0.252. The predicted octanol–water partition coefficient (Wildman–Crippen LogP) is 4.89. The van der Waals surface area contributed by atoms with Crippen molar-refractivity contribution in [2.45, 2.75) is 26.7 Å². The summed E-state index contributed by atoms with van der Waals surface area (Å²) in [5.41, 5.74) is 2.74. The molecule has 1 aliphatic heterocycles. The van der Waals surface area contributed by atoms with Crippen molar-refractivity contribution in [3.8, 4) is 11.1 Å². The molecule has 3 aromatic rings. The van der Waals surface area contributed by atoms with Gasteiger partial charge in [-0.2, -0.15) is 0 Å². The second kappa shape index (κ2) is 8.62. The van der Waals surface area contributed by atoms with Crippen molar-refractivity contribution in [1.29, 1.82) is 0 Å². The Morgan fingerprint density at radius 1 is 1.24 bits per heavy atom. The van der Waals surface area contributed by atoms with Gasteiger partial charge in [0.1, 0.15) is 0 Å². The Balaban J connectivity index is 1.56. The molecule has 0 aliphatic carbocycles. The smallest absolute Gasteiger partial charge is 0.321 e. The van der Waals surface area contributed by atoms with Crippen molar-refractivity contribution in [3.05, 3.63) is 29.0 Å². The number of rotatable bonds is 4. The molecule has 3 heterocycles. The van der Waals surface area contributed by atoms with Crippen LogP contribution in [0.15, 0.2) is 29.0 Å². The van der Waals surface area contributed by atoms with Gasteiger partial charge in [0.2, 0.25) is 5.95 Å². The van der Waals surface area contributed by atoms with Crippen LogP contribution in [0, 0.1) is 5.92 Å². The quantitative estimate of drug-likeness (QED) is 0.561. The molecule has 0 unspecified atom stereocenters. The van der Waals surface area contributed by atoms with Gasteiger partial charge in [0.15, 0.2) is 5.13 Å². The summed E-state index contributed by atoms with van der Waals surface area (Å²) in [6.07, 6.45) is 6.11. The van der Waals surface area contributed by atoms with Gasteiger partial charge in [-0.3, -0.25) is 5.32 Å². The molecule has 29 heavy (non-hydrogen) atoms. The summed E-state index contributed by atoms with van der Waals surface area (Å²) in [5, 5.41) is 6.05. The first-order valence-electron chi connectivity index (χ1n) is 9.75. The Hall–Kier alpha value is -2.26. The fourth-order valence-corrected chi connectivity index (χ4v) is 4.90. The molecule has 2 aromatic heterocycles. The lowest BCUT2D eigenvalue weighted by Crippen LogP contribution is -2.33. The van der Waals surface area contributed by atoms with Crippen LogP contribution in [0.3, 0.4) is 0 Å². The van der Waals surface area contributed by atoms with Gasteiger partial charge in [-0.25, -0.2) is 19.7 Å². The predicted molar refractivity (Wildman–Crippen MR) is 122 cm³/mol. The highest BCUT2D eigenvalue weighted by atomic mass is 79.9. The van der Waals surface area contributed by atoms with Crippen LogP contribution in [0.1, 0.15) is 26.7 Å². The number of nitrogens with zero attached hydrogens (tertiary/aromatic N) is 4. The number of halogens is 1. The van der Waals surface area contributed by atoms with E-state index in [1.54, 1.807) is 0 Å². The van der Waals surface area contributed by atoms with Crippen molar-refractivity contribution in [3.63, 3.8) is 0 Å². The fourth-order valence-electron chi connectivity index (χ4n) is 3.36. The average molecular weight is 475 g/mol. The molecular weight excluding hydrogens is 452 g/mol. The molecule has 4 rings (SSSR count). The first kappa shape index (κ1) is 20.0. The first-order valence-corrected chi connectivity index (χ1v) is 11.4. The van der Waals surface area contributed by atoms with Crippen molar-refractivity contribution >= 4 is 54.6 Å². The van der Waals surface area contributed by atoms with Gasteiger partial charge in [0, 0.05) is 42.1 Å². The van der Waals surface area contributed by atoms with Crippen molar-refractivity contribution in [2.75, 3.05) is 29.9 Å². The molecule has 9 heteroatoms. The van der Waals surface area contributed by atoms with Gasteiger partial charge < -0.3 is 10.2 Å². The monoisotopic (exact) mass is 474 g/mol. The minimum atomic E-state index is -0.251. The summed E-state index contributed by atoms with van der Waals surface area (Å²) < 4.78 is 1.92. The van der Waals surface area contributed by atoms with E-state index in [1.165, 1.54) is 24.2 Å².